The van der Waals surface area contributed by atoms with E-state index in [0.29, 0.717) is 4.47 Å². The van der Waals surface area contributed by atoms with Crippen molar-refractivity contribution in [2.45, 2.75) is 38.6 Å². The first-order valence-electron chi connectivity index (χ1n) is 7.48. The number of ether oxygens (including phenoxy) is 1. The van der Waals surface area contributed by atoms with Gasteiger partial charge in [-0.25, -0.2) is 4.79 Å². The van der Waals surface area contributed by atoms with Gasteiger partial charge in [-0.1, -0.05) is 22.9 Å². The van der Waals surface area contributed by atoms with Gasteiger partial charge < -0.3 is 14.7 Å². The van der Waals surface area contributed by atoms with Crippen molar-refractivity contribution in [2.24, 2.45) is 0 Å². The molecule has 0 unspecified atom stereocenters. The number of hydrogen-bond donors (Lipinski definition) is 1. The third-order valence-electron chi connectivity index (χ3n) is 3.92. The highest BCUT2D eigenvalue weighted by atomic mass is 79.9. The minimum Gasteiger partial charge on any atom is -0.507 e. The Morgan fingerprint density at radius 3 is 2.91 bits per heavy atom. The van der Waals surface area contributed by atoms with Crippen LogP contribution in [-0.2, 0) is 9.53 Å². The van der Waals surface area contributed by atoms with Crippen molar-refractivity contribution in [3.8, 4) is 5.75 Å². The molecule has 1 aliphatic rings. The average Bonchev–Trinajstić information content (AvgIpc) is 2.54. The molecule has 0 saturated carbocycles. The van der Waals surface area contributed by atoms with E-state index in [1.165, 1.54) is 12.1 Å². The van der Waals surface area contributed by atoms with Gasteiger partial charge in [0, 0.05) is 17.1 Å². The normalized spacial score (nSPS) is 18.1. The Bertz CT molecular complexity index is 561. The molecule has 1 N–H and O–H groups in total. The highest BCUT2D eigenvalue weighted by molar-refractivity contribution is 9.10. The van der Waals surface area contributed by atoms with E-state index < -0.39 is 5.97 Å². The number of halogens is 1. The summed E-state index contributed by atoms with van der Waals surface area (Å²) in [5.41, 5.74) is 0.0489. The van der Waals surface area contributed by atoms with Crippen LogP contribution in [0.25, 0.3) is 0 Å². The van der Waals surface area contributed by atoms with Crippen molar-refractivity contribution in [1.29, 1.82) is 0 Å². The van der Waals surface area contributed by atoms with Gasteiger partial charge in [-0.15, -0.1) is 0 Å². The number of amides is 1. The fraction of sp³-hybridized carbons (Fsp3) is 0.500. The van der Waals surface area contributed by atoms with Crippen LogP contribution in [0.15, 0.2) is 22.7 Å². The van der Waals surface area contributed by atoms with Crippen molar-refractivity contribution in [3.05, 3.63) is 28.2 Å². The molecule has 0 bridgehead atoms. The molecule has 0 aliphatic carbocycles. The van der Waals surface area contributed by atoms with E-state index in [0.717, 1.165) is 32.2 Å². The lowest BCUT2D eigenvalue weighted by Gasteiger charge is -2.35. The van der Waals surface area contributed by atoms with Crippen molar-refractivity contribution in [2.75, 3.05) is 13.2 Å². The lowest BCUT2D eigenvalue weighted by atomic mass is 10.00. The van der Waals surface area contributed by atoms with E-state index in [1.54, 1.807) is 11.0 Å². The zero-order chi connectivity index (χ0) is 16.1. The Morgan fingerprint density at radius 2 is 2.18 bits per heavy atom. The second-order valence-corrected chi connectivity index (χ2v) is 6.30. The van der Waals surface area contributed by atoms with Crippen LogP contribution in [0.3, 0.4) is 0 Å². The number of carbonyl (C=O) groups excluding carboxylic acids is 2. The number of nitrogens with zero attached hydrogens (tertiary/aromatic N) is 1. The van der Waals surface area contributed by atoms with Crippen LogP contribution >= 0.6 is 15.9 Å². The molecular weight excluding hydrogens is 350 g/mol. The van der Waals surface area contributed by atoms with E-state index in [2.05, 4.69) is 22.9 Å². The van der Waals surface area contributed by atoms with E-state index in [1.807, 2.05) is 0 Å². The van der Waals surface area contributed by atoms with Crippen molar-refractivity contribution >= 4 is 27.8 Å². The maximum absolute atomic E-state index is 12.2. The SMILES string of the molecule is CC[C@@H]1CCCCN1C(=O)COC(=O)c1cc(Br)ccc1O. The molecule has 6 heteroatoms. The third kappa shape index (κ3) is 4.00. The topological polar surface area (TPSA) is 66.8 Å². The van der Waals surface area contributed by atoms with Gasteiger partial charge in [-0.3, -0.25) is 4.79 Å². The van der Waals surface area contributed by atoms with Gasteiger partial charge >= 0.3 is 5.97 Å². The zero-order valence-electron chi connectivity index (χ0n) is 12.5. The Hall–Kier alpha value is -1.56. The molecule has 0 aromatic heterocycles. The summed E-state index contributed by atoms with van der Waals surface area (Å²) in [5, 5.41) is 9.68. The van der Waals surface area contributed by atoms with Crippen LogP contribution in [0.4, 0.5) is 0 Å². The summed E-state index contributed by atoms with van der Waals surface area (Å²) in [6.45, 7) is 2.49. The number of phenolic OH excluding ortho intramolecular Hbond substituents is 1. The van der Waals surface area contributed by atoms with Gasteiger partial charge in [-0.2, -0.15) is 0 Å². The highest BCUT2D eigenvalue weighted by Gasteiger charge is 2.26. The standard InChI is InChI=1S/C16H20BrNO4/c1-2-12-5-3-4-8-18(12)15(20)10-22-16(21)13-9-11(17)6-7-14(13)19/h6-7,9,12,19H,2-5,8,10H2,1H3/t12-/m1/s1. The Balaban J connectivity index is 1.95. The number of piperidine rings is 1. The van der Waals surface area contributed by atoms with Gasteiger partial charge in [0.2, 0.25) is 0 Å². The maximum Gasteiger partial charge on any atom is 0.342 e. The lowest BCUT2D eigenvalue weighted by molar-refractivity contribution is -0.138. The Morgan fingerprint density at radius 1 is 1.41 bits per heavy atom. The maximum atomic E-state index is 12.2. The van der Waals surface area contributed by atoms with Crippen LogP contribution < -0.4 is 0 Å². The summed E-state index contributed by atoms with van der Waals surface area (Å²) >= 11 is 3.23. The predicted octanol–water partition coefficient (Wildman–Crippen LogP) is 3.10. The molecule has 1 saturated heterocycles. The molecule has 2 rings (SSSR count). The van der Waals surface area contributed by atoms with E-state index in [9.17, 15) is 14.7 Å². The first-order chi connectivity index (χ1) is 10.5. The van der Waals surface area contributed by atoms with E-state index in [-0.39, 0.29) is 29.9 Å². The van der Waals surface area contributed by atoms with E-state index >= 15 is 0 Å². The average molecular weight is 370 g/mol. The molecule has 1 fully saturated rings. The molecule has 1 heterocycles. The largest absolute Gasteiger partial charge is 0.507 e. The number of esters is 1. The molecule has 1 atom stereocenters. The smallest absolute Gasteiger partial charge is 0.342 e. The van der Waals surface area contributed by atoms with Crippen LogP contribution in [0.5, 0.6) is 5.75 Å². The summed E-state index contributed by atoms with van der Waals surface area (Å²) in [4.78, 5) is 26.0. The van der Waals surface area contributed by atoms with Gasteiger partial charge in [0.1, 0.15) is 11.3 Å². The molecule has 5 nitrogen and oxygen atoms in total. The van der Waals surface area contributed by atoms with Crippen molar-refractivity contribution < 1.29 is 19.4 Å². The third-order valence-corrected chi connectivity index (χ3v) is 4.42. The molecule has 1 aromatic rings. The monoisotopic (exact) mass is 369 g/mol. The fourth-order valence-electron chi connectivity index (χ4n) is 2.71. The van der Waals surface area contributed by atoms with Crippen LogP contribution in [0, 0.1) is 0 Å². The molecule has 1 aliphatic heterocycles. The fourth-order valence-corrected chi connectivity index (χ4v) is 3.07. The zero-order valence-corrected chi connectivity index (χ0v) is 14.1. The summed E-state index contributed by atoms with van der Waals surface area (Å²) in [7, 11) is 0. The molecule has 22 heavy (non-hydrogen) atoms. The molecule has 1 amide bonds. The van der Waals surface area contributed by atoms with Crippen LogP contribution in [-0.4, -0.2) is 41.1 Å². The van der Waals surface area contributed by atoms with Crippen LogP contribution in [0.1, 0.15) is 43.0 Å². The summed E-state index contributed by atoms with van der Waals surface area (Å²) in [5.74, 6) is -1.03. The van der Waals surface area contributed by atoms with Crippen molar-refractivity contribution in [3.63, 3.8) is 0 Å². The minimum atomic E-state index is -0.697. The summed E-state index contributed by atoms with van der Waals surface area (Å²) in [6.07, 6.45) is 4.03. The van der Waals surface area contributed by atoms with Gasteiger partial charge in [-0.05, 0) is 43.9 Å². The lowest BCUT2D eigenvalue weighted by Crippen LogP contribution is -2.45. The van der Waals surface area contributed by atoms with Gasteiger partial charge in [0.15, 0.2) is 6.61 Å². The Labute approximate surface area is 138 Å². The first-order valence-corrected chi connectivity index (χ1v) is 8.27. The van der Waals surface area contributed by atoms with Crippen molar-refractivity contribution in [1.82, 2.24) is 4.90 Å². The number of likely N-dealkylation sites (tertiary alicyclic amines) is 1. The number of rotatable bonds is 4. The predicted molar refractivity (Wildman–Crippen MR) is 85.7 cm³/mol. The molecule has 1 aromatic carbocycles. The number of carbonyl (C=O) groups is 2. The van der Waals surface area contributed by atoms with Gasteiger partial charge in [0.05, 0.1) is 0 Å². The number of phenols is 1. The highest BCUT2D eigenvalue weighted by Crippen LogP contribution is 2.23. The van der Waals surface area contributed by atoms with Crippen LogP contribution in [0.2, 0.25) is 0 Å². The number of hydrogen-bond acceptors (Lipinski definition) is 4. The van der Waals surface area contributed by atoms with E-state index in [4.69, 9.17) is 4.74 Å². The second-order valence-electron chi connectivity index (χ2n) is 5.38. The quantitative estimate of drug-likeness (QED) is 0.828. The summed E-state index contributed by atoms with van der Waals surface area (Å²) < 4.78 is 5.72. The Kier molecular flexibility index (Phi) is 5.83. The molecular formula is C16H20BrNO4. The first kappa shape index (κ1) is 16.8. The number of aromatic hydroxyl groups is 1. The number of benzene rings is 1. The van der Waals surface area contributed by atoms with Gasteiger partial charge in [0.25, 0.3) is 5.91 Å². The second kappa shape index (κ2) is 7.63. The minimum absolute atomic E-state index is 0.0489. The molecule has 0 radical (unpaired) electrons. The molecule has 0 spiro atoms. The molecule has 120 valence electrons. The summed E-state index contributed by atoms with van der Waals surface area (Å²) in [6, 6.07) is 4.73.